The van der Waals surface area contributed by atoms with E-state index >= 15 is 0 Å². The first-order valence-electron chi connectivity index (χ1n) is 7.13. The van der Waals surface area contributed by atoms with Crippen LogP contribution in [-0.2, 0) is 6.54 Å². The summed E-state index contributed by atoms with van der Waals surface area (Å²) in [6.07, 6.45) is 1.73. The minimum absolute atomic E-state index is 0.0746. The summed E-state index contributed by atoms with van der Waals surface area (Å²) in [6.45, 7) is 4.21. The molecule has 0 radical (unpaired) electrons. The van der Waals surface area contributed by atoms with Gasteiger partial charge in [-0.15, -0.1) is 0 Å². The summed E-state index contributed by atoms with van der Waals surface area (Å²) in [7, 11) is 0. The third-order valence-electron chi connectivity index (χ3n) is 3.72. The lowest BCUT2D eigenvalue weighted by molar-refractivity contribution is 1.01. The molecule has 0 spiro atoms. The van der Waals surface area contributed by atoms with Gasteiger partial charge in [0.2, 0.25) is 0 Å². The second-order valence-corrected chi connectivity index (χ2v) is 6.73. The molecular weight excluding hydrogens is 378 g/mol. The monoisotopic (exact) mass is 391 g/mol. The van der Waals surface area contributed by atoms with E-state index in [-0.39, 0.29) is 5.56 Å². The third kappa shape index (κ3) is 3.26. The van der Waals surface area contributed by atoms with Crippen molar-refractivity contribution in [1.82, 2.24) is 9.97 Å². The second-order valence-electron chi connectivity index (χ2n) is 5.44. The summed E-state index contributed by atoms with van der Waals surface area (Å²) in [6, 6.07) is 7.60. The molecule has 118 valence electrons. The van der Waals surface area contributed by atoms with Crippen LogP contribution in [-0.4, -0.2) is 9.97 Å². The van der Waals surface area contributed by atoms with E-state index < -0.39 is 0 Å². The van der Waals surface area contributed by atoms with E-state index in [1.54, 1.807) is 6.20 Å². The van der Waals surface area contributed by atoms with E-state index in [2.05, 4.69) is 31.2 Å². The van der Waals surface area contributed by atoms with Crippen LogP contribution in [0.3, 0.4) is 0 Å². The number of fused-ring (bicyclic) bond motifs is 1. The molecule has 0 fully saturated rings. The fourth-order valence-electron chi connectivity index (χ4n) is 2.62. The average molecular weight is 393 g/mol. The number of H-pyrrole nitrogens is 1. The molecule has 0 aliphatic carbocycles. The van der Waals surface area contributed by atoms with Crippen LogP contribution in [0.15, 0.2) is 39.7 Å². The predicted octanol–water partition coefficient (Wildman–Crippen LogP) is 4.57. The first-order chi connectivity index (χ1) is 11.0. The molecule has 3 aromatic rings. The van der Waals surface area contributed by atoms with E-state index in [9.17, 15) is 4.79 Å². The van der Waals surface area contributed by atoms with Crippen LogP contribution in [0.1, 0.15) is 16.8 Å². The smallest absolute Gasteiger partial charge is 0.253 e. The Morgan fingerprint density at radius 1 is 1.26 bits per heavy atom. The van der Waals surface area contributed by atoms with Crippen molar-refractivity contribution in [2.75, 3.05) is 5.32 Å². The van der Waals surface area contributed by atoms with Crippen LogP contribution in [0.5, 0.6) is 0 Å². The highest BCUT2D eigenvalue weighted by molar-refractivity contribution is 9.10. The van der Waals surface area contributed by atoms with Gasteiger partial charge in [0.1, 0.15) is 5.82 Å². The topological polar surface area (TPSA) is 57.8 Å². The van der Waals surface area contributed by atoms with Crippen molar-refractivity contribution >= 4 is 44.1 Å². The highest BCUT2D eigenvalue weighted by atomic mass is 79.9. The van der Waals surface area contributed by atoms with Crippen molar-refractivity contribution in [2.24, 2.45) is 0 Å². The average Bonchev–Trinajstić information content (AvgIpc) is 2.46. The number of benzene rings is 1. The molecule has 0 aliphatic rings. The highest BCUT2D eigenvalue weighted by Gasteiger charge is 2.09. The van der Waals surface area contributed by atoms with Crippen LogP contribution in [0.4, 0.5) is 5.82 Å². The van der Waals surface area contributed by atoms with Gasteiger partial charge in [-0.1, -0.05) is 27.5 Å². The largest absolute Gasteiger partial charge is 0.365 e. The fraction of sp³-hybridized carbons (Fsp3) is 0.176. The van der Waals surface area contributed by atoms with Gasteiger partial charge >= 0.3 is 0 Å². The summed E-state index contributed by atoms with van der Waals surface area (Å²) < 4.78 is 0.912. The maximum absolute atomic E-state index is 12.1. The zero-order chi connectivity index (χ0) is 16.6. The Hall–Kier alpha value is -1.85. The van der Waals surface area contributed by atoms with Crippen LogP contribution in [0.25, 0.3) is 10.8 Å². The molecule has 0 atom stereocenters. The molecule has 0 amide bonds. The normalized spacial score (nSPS) is 11.0. The second kappa shape index (κ2) is 6.34. The summed E-state index contributed by atoms with van der Waals surface area (Å²) in [5.41, 5.74) is 2.44. The number of aromatic amines is 1. The van der Waals surface area contributed by atoms with E-state index in [0.717, 1.165) is 26.5 Å². The molecule has 2 aromatic heterocycles. The maximum atomic E-state index is 12.1. The third-order valence-corrected chi connectivity index (χ3v) is 4.59. The number of aryl methyl sites for hydroxylation is 2. The highest BCUT2D eigenvalue weighted by Crippen LogP contribution is 2.31. The zero-order valence-corrected chi connectivity index (χ0v) is 15.0. The van der Waals surface area contributed by atoms with Gasteiger partial charge in [0.15, 0.2) is 0 Å². The molecule has 0 bridgehead atoms. The lowest BCUT2D eigenvalue weighted by Gasteiger charge is -2.11. The number of rotatable bonds is 3. The van der Waals surface area contributed by atoms with Gasteiger partial charge in [-0.05, 0) is 43.7 Å². The van der Waals surface area contributed by atoms with Crippen molar-refractivity contribution in [3.8, 4) is 0 Å². The molecule has 2 heterocycles. The summed E-state index contributed by atoms with van der Waals surface area (Å²) in [5, 5.41) is 5.80. The standard InChI is InChI=1S/C17H15BrClN3O/c1-9-5-10(2)22-17(23)14(9)8-21-16-13-6-11(19)7-15(18)12(13)3-4-20-16/h3-7H,8H2,1-2H3,(H,20,21)(H,22,23). The van der Waals surface area contributed by atoms with Crippen molar-refractivity contribution in [3.63, 3.8) is 0 Å². The number of nitrogens with zero attached hydrogens (tertiary/aromatic N) is 1. The molecule has 0 aliphatic heterocycles. The van der Waals surface area contributed by atoms with Crippen molar-refractivity contribution in [3.05, 3.63) is 67.1 Å². The molecule has 6 heteroatoms. The van der Waals surface area contributed by atoms with Crippen molar-refractivity contribution < 1.29 is 0 Å². The van der Waals surface area contributed by atoms with Gasteiger partial charge in [-0.3, -0.25) is 4.79 Å². The molecule has 0 unspecified atom stereocenters. The Labute approximate surface area is 147 Å². The first kappa shape index (κ1) is 16.0. The minimum atomic E-state index is -0.0746. The van der Waals surface area contributed by atoms with E-state index in [0.29, 0.717) is 22.9 Å². The molecular formula is C17H15BrClN3O. The Morgan fingerprint density at radius 2 is 2.04 bits per heavy atom. The lowest BCUT2D eigenvalue weighted by Crippen LogP contribution is -2.18. The Kier molecular flexibility index (Phi) is 4.41. The molecule has 2 N–H and O–H groups in total. The minimum Gasteiger partial charge on any atom is -0.365 e. The van der Waals surface area contributed by atoms with E-state index in [4.69, 9.17) is 11.6 Å². The number of anilines is 1. The van der Waals surface area contributed by atoms with Gasteiger partial charge in [0.05, 0.1) is 0 Å². The summed E-state index contributed by atoms with van der Waals surface area (Å²) >= 11 is 9.65. The van der Waals surface area contributed by atoms with Crippen LogP contribution < -0.4 is 10.9 Å². The van der Waals surface area contributed by atoms with Crippen molar-refractivity contribution in [1.29, 1.82) is 0 Å². The Bertz CT molecular complexity index is 952. The van der Waals surface area contributed by atoms with E-state index in [1.807, 2.05) is 38.1 Å². The number of hydrogen-bond donors (Lipinski definition) is 2. The summed E-state index contributed by atoms with van der Waals surface area (Å²) in [5.74, 6) is 0.699. The molecule has 4 nitrogen and oxygen atoms in total. The molecule has 0 saturated heterocycles. The number of hydrogen-bond acceptors (Lipinski definition) is 3. The van der Waals surface area contributed by atoms with Crippen LogP contribution in [0, 0.1) is 13.8 Å². The SMILES string of the molecule is Cc1cc(C)c(CNc2nccc3c(Br)cc(Cl)cc23)c(=O)[nH]1. The van der Waals surface area contributed by atoms with Gasteiger partial charge in [0.25, 0.3) is 5.56 Å². The van der Waals surface area contributed by atoms with Gasteiger partial charge in [-0.25, -0.2) is 4.98 Å². The number of pyridine rings is 2. The molecule has 1 aromatic carbocycles. The maximum Gasteiger partial charge on any atom is 0.253 e. The van der Waals surface area contributed by atoms with Gasteiger partial charge in [-0.2, -0.15) is 0 Å². The van der Waals surface area contributed by atoms with Crippen molar-refractivity contribution in [2.45, 2.75) is 20.4 Å². The summed E-state index contributed by atoms with van der Waals surface area (Å²) in [4.78, 5) is 19.3. The van der Waals surface area contributed by atoms with Gasteiger partial charge < -0.3 is 10.3 Å². The predicted molar refractivity (Wildman–Crippen MR) is 98.3 cm³/mol. The van der Waals surface area contributed by atoms with Crippen LogP contribution in [0.2, 0.25) is 5.02 Å². The van der Waals surface area contributed by atoms with Crippen LogP contribution >= 0.6 is 27.5 Å². The number of nitrogens with one attached hydrogen (secondary N) is 2. The molecule has 0 saturated carbocycles. The zero-order valence-electron chi connectivity index (χ0n) is 12.7. The molecule has 23 heavy (non-hydrogen) atoms. The lowest BCUT2D eigenvalue weighted by atomic mass is 10.1. The van der Waals surface area contributed by atoms with Gasteiger partial charge in [0, 0.05) is 44.3 Å². The first-order valence-corrected chi connectivity index (χ1v) is 8.30. The molecule has 3 rings (SSSR count). The Morgan fingerprint density at radius 3 is 2.78 bits per heavy atom. The fourth-order valence-corrected chi connectivity index (χ4v) is 3.56. The number of halogens is 2. The Balaban J connectivity index is 1.99. The quantitative estimate of drug-likeness (QED) is 0.686. The van der Waals surface area contributed by atoms with E-state index in [1.165, 1.54) is 0 Å². The number of aromatic nitrogens is 2.